The van der Waals surface area contributed by atoms with Crippen LogP contribution in [0.5, 0.6) is 0 Å². The topological polar surface area (TPSA) is 102 Å². The Morgan fingerprint density at radius 1 is 1.19 bits per heavy atom. The average molecular weight is 426 g/mol. The Bertz CT molecular complexity index is 1340. The lowest BCUT2D eigenvalue weighted by Gasteiger charge is -2.11. The Labute approximate surface area is 185 Å². The van der Waals surface area contributed by atoms with Gasteiger partial charge in [0, 0.05) is 36.5 Å². The Balaban J connectivity index is 2.08. The number of hydrogen-bond acceptors (Lipinski definition) is 5. The second kappa shape index (κ2) is 8.98. The SMILES string of the molecule is [C-]#[N+]C(C=c1c(-c2ccc(C)cc2)c2c(n1CCCO)=NC=NC2=N)=C1C=CN(O)C=C1. The number of aryl methyl sites for hydroxylation is 1. The molecule has 0 amide bonds. The molecule has 0 spiro atoms. The van der Waals surface area contributed by atoms with Gasteiger partial charge in [0.1, 0.15) is 11.8 Å². The van der Waals surface area contributed by atoms with E-state index in [0.717, 1.165) is 27.1 Å². The number of aromatic nitrogens is 1. The second-order valence-electron chi connectivity index (χ2n) is 7.38. The summed E-state index contributed by atoms with van der Waals surface area (Å²) in [4.78, 5) is 12.3. The molecular formula is C24H22N6O2. The Morgan fingerprint density at radius 2 is 1.91 bits per heavy atom. The minimum absolute atomic E-state index is 0.00632. The number of rotatable bonds is 5. The molecule has 8 nitrogen and oxygen atoms in total. The van der Waals surface area contributed by atoms with Crippen LogP contribution in [0.4, 0.5) is 0 Å². The van der Waals surface area contributed by atoms with Crippen molar-refractivity contribution in [2.45, 2.75) is 19.9 Å². The molecule has 8 heteroatoms. The van der Waals surface area contributed by atoms with E-state index in [4.69, 9.17) is 12.0 Å². The Kier molecular flexibility index (Phi) is 5.94. The first-order valence-electron chi connectivity index (χ1n) is 10.1. The van der Waals surface area contributed by atoms with Crippen molar-refractivity contribution in [3.05, 3.63) is 93.5 Å². The number of allylic oxidation sites excluding steroid dienone is 4. The van der Waals surface area contributed by atoms with Crippen LogP contribution in [0.25, 0.3) is 22.0 Å². The first-order valence-corrected chi connectivity index (χ1v) is 10.1. The molecule has 2 aliphatic heterocycles. The molecule has 4 rings (SSSR count). The summed E-state index contributed by atoms with van der Waals surface area (Å²) in [6, 6.07) is 7.97. The maximum Gasteiger partial charge on any atom is 0.196 e. The van der Waals surface area contributed by atoms with Gasteiger partial charge in [-0.2, -0.15) is 0 Å². The van der Waals surface area contributed by atoms with Crippen molar-refractivity contribution in [2.24, 2.45) is 9.98 Å². The lowest BCUT2D eigenvalue weighted by Crippen LogP contribution is -2.30. The van der Waals surface area contributed by atoms with Crippen molar-refractivity contribution in [1.29, 1.82) is 5.41 Å². The van der Waals surface area contributed by atoms with E-state index in [9.17, 15) is 10.3 Å². The molecule has 2 aliphatic rings. The summed E-state index contributed by atoms with van der Waals surface area (Å²) in [5, 5.41) is 29.1. The first-order chi connectivity index (χ1) is 15.5. The molecule has 0 saturated heterocycles. The predicted octanol–water partition coefficient (Wildman–Crippen LogP) is 2.52. The van der Waals surface area contributed by atoms with Gasteiger partial charge in [0.25, 0.3) is 0 Å². The molecule has 1 aromatic carbocycles. The number of hydroxylamine groups is 2. The number of aliphatic imine (C=N–C) groups is 1. The quantitative estimate of drug-likeness (QED) is 0.641. The highest BCUT2D eigenvalue weighted by atomic mass is 16.5. The minimum atomic E-state index is 0.00632. The monoisotopic (exact) mass is 426 g/mol. The normalized spacial score (nSPS) is 15.1. The van der Waals surface area contributed by atoms with E-state index in [-0.39, 0.29) is 12.4 Å². The minimum Gasteiger partial charge on any atom is -0.396 e. The van der Waals surface area contributed by atoms with E-state index in [1.165, 1.54) is 18.7 Å². The summed E-state index contributed by atoms with van der Waals surface area (Å²) in [5.41, 5.74) is 5.00. The van der Waals surface area contributed by atoms with Gasteiger partial charge in [-0.15, -0.1) is 0 Å². The number of nitrogens with zero attached hydrogens (tertiary/aromatic N) is 5. The van der Waals surface area contributed by atoms with E-state index in [1.54, 1.807) is 18.2 Å². The van der Waals surface area contributed by atoms with Gasteiger partial charge in [-0.3, -0.25) is 10.6 Å². The van der Waals surface area contributed by atoms with Gasteiger partial charge in [0.05, 0.1) is 12.1 Å². The standard InChI is InChI=1S/C24H22N6O2/c1-16-4-6-18(7-5-16)21-20(14-19(26-2)17-8-11-29(32)12-9-17)30(10-3-13-31)24-22(21)23(25)27-15-28-24/h4-9,11-12,14-15,25,31-32H,3,10,13H2,1H3. The van der Waals surface area contributed by atoms with Gasteiger partial charge in [0.2, 0.25) is 0 Å². The van der Waals surface area contributed by atoms with E-state index >= 15 is 0 Å². The molecule has 3 heterocycles. The second-order valence-corrected chi connectivity index (χ2v) is 7.38. The van der Waals surface area contributed by atoms with Gasteiger partial charge in [-0.1, -0.05) is 29.8 Å². The number of aliphatic hydroxyl groups excluding tert-OH is 1. The summed E-state index contributed by atoms with van der Waals surface area (Å²) in [7, 11) is 0. The van der Waals surface area contributed by atoms with Crippen LogP contribution in [0.3, 0.4) is 0 Å². The molecule has 0 radical (unpaired) electrons. The van der Waals surface area contributed by atoms with Gasteiger partial charge in [-0.05, 0) is 42.7 Å². The van der Waals surface area contributed by atoms with Crippen molar-refractivity contribution in [2.75, 3.05) is 6.61 Å². The number of nitrogens with one attached hydrogen (secondary N) is 1. The third-order valence-corrected chi connectivity index (χ3v) is 5.26. The van der Waals surface area contributed by atoms with Crippen LogP contribution in [-0.2, 0) is 6.54 Å². The lowest BCUT2D eigenvalue weighted by molar-refractivity contribution is 0.0105. The highest BCUT2D eigenvalue weighted by molar-refractivity contribution is 6.07. The summed E-state index contributed by atoms with van der Waals surface area (Å²) in [6.45, 7) is 10.2. The average Bonchev–Trinajstić information content (AvgIpc) is 3.11. The van der Waals surface area contributed by atoms with Gasteiger partial charge >= 0.3 is 0 Å². The molecule has 0 fully saturated rings. The molecule has 0 saturated carbocycles. The molecular weight excluding hydrogens is 404 g/mol. The zero-order valence-electron chi connectivity index (χ0n) is 17.5. The molecule has 0 atom stereocenters. The highest BCUT2D eigenvalue weighted by Crippen LogP contribution is 2.23. The number of fused-ring (bicyclic) bond motifs is 1. The van der Waals surface area contributed by atoms with Gasteiger partial charge < -0.3 is 9.67 Å². The third kappa shape index (κ3) is 3.95. The van der Waals surface area contributed by atoms with Crippen molar-refractivity contribution in [3.63, 3.8) is 0 Å². The van der Waals surface area contributed by atoms with E-state index in [1.807, 2.05) is 35.8 Å². The van der Waals surface area contributed by atoms with Crippen LogP contribution in [-0.4, -0.2) is 38.7 Å². The van der Waals surface area contributed by atoms with Crippen LogP contribution in [0.1, 0.15) is 17.5 Å². The summed E-state index contributed by atoms with van der Waals surface area (Å²) in [6.07, 6.45) is 9.88. The zero-order chi connectivity index (χ0) is 22.7. The smallest absolute Gasteiger partial charge is 0.196 e. The molecule has 2 aromatic rings. The number of aliphatic hydroxyl groups is 1. The van der Waals surface area contributed by atoms with Crippen LogP contribution in [0.2, 0.25) is 0 Å². The predicted molar refractivity (Wildman–Crippen MR) is 122 cm³/mol. The largest absolute Gasteiger partial charge is 0.396 e. The van der Waals surface area contributed by atoms with Crippen LogP contribution >= 0.6 is 0 Å². The van der Waals surface area contributed by atoms with E-state index in [0.29, 0.717) is 35.3 Å². The molecule has 160 valence electrons. The Hall–Kier alpha value is -4.06. The molecule has 1 aromatic heterocycles. The van der Waals surface area contributed by atoms with Gasteiger partial charge in [-0.25, -0.2) is 19.9 Å². The van der Waals surface area contributed by atoms with Crippen LogP contribution in [0, 0.1) is 18.9 Å². The number of hydrogen-bond donors (Lipinski definition) is 3. The van der Waals surface area contributed by atoms with Crippen molar-refractivity contribution in [1.82, 2.24) is 9.63 Å². The van der Waals surface area contributed by atoms with E-state index in [2.05, 4.69) is 14.8 Å². The Morgan fingerprint density at radius 3 is 2.56 bits per heavy atom. The fourth-order valence-corrected chi connectivity index (χ4v) is 3.70. The number of amidine groups is 1. The molecule has 32 heavy (non-hydrogen) atoms. The van der Waals surface area contributed by atoms with Crippen LogP contribution < -0.4 is 10.8 Å². The van der Waals surface area contributed by atoms with E-state index < -0.39 is 0 Å². The molecule has 3 N–H and O–H groups in total. The molecule has 0 unspecified atom stereocenters. The maximum absolute atomic E-state index is 9.54. The summed E-state index contributed by atoms with van der Waals surface area (Å²) in [5.74, 6) is 0.105. The van der Waals surface area contributed by atoms with Crippen molar-refractivity contribution < 1.29 is 10.3 Å². The van der Waals surface area contributed by atoms with Crippen molar-refractivity contribution >= 4 is 18.3 Å². The first kappa shape index (κ1) is 21.2. The fraction of sp³-hybridized carbons (Fsp3) is 0.167. The lowest BCUT2D eigenvalue weighted by atomic mass is 10.0. The zero-order valence-corrected chi connectivity index (χ0v) is 17.5. The third-order valence-electron chi connectivity index (χ3n) is 5.26. The van der Waals surface area contributed by atoms with Crippen molar-refractivity contribution in [3.8, 4) is 11.1 Å². The maximum atomic E-state index is 9.54. The fourth-order valence-electron chi connectivity index (χ4n) is 3.70. The summed E-state index contributed by atoms with van der Waals surface area (Å²) < 4.78 is 1.93. The molecule has 0 bridgehead atoms. The number of benzene rings is 1. The highest BCUT2D eigenvalue weighted by Gasteiger charge is 2.22. The molecule has 0 aliphatic carbocycles. The van der Waals surface area contributed by atoms with Gasteiger partial charge in [0.15, 0.2) is 11.5 Å². The van der Waals surface area contributed by atoms with Crippen LogP contribution in [0.15, 0.2) is 70.1 Å². The summed E-state index contributed by atoms with van der Waals surface area (Å²) >= 11 is 0.